The minimum atomic E-state index is -0.479. The van der Waals surface area contributed by atoms with Gasteiger partial charge in [-0.2, -0.15) is 4.98 Å². The molecule has 112 valence electrons. The van der Waals surface area contributed by atoms with E-state index in [1.165, 1.54) is 12.1 Å². The maximum atomic E-state index is 13.0. The molecule has 0 spiro atoms. The van der Waals surface area contributed by atoms with Crippen LogP contribution in [0.2, 0.25) is 0 Å². The molecule has 1 aliphatic heterocycles. The second kappa shape index (κ2) is 5.20. The van der Waals surface area contributed by atoms with Crippen LogP contribution in [0, 0.1) is 5.82 Å². The molecule has 0 saturated carbocycles. The van der Waals surface area contributed by atoms with Gasteiger partial charge in [0.05, 0.1) is 17.6 Å². The van der Waals surface area contributed by atoms with Crippen LogP contribution in [0.1, 0.15) is 43.6 Å². The number of aromatic nitrogens is 2. The summed E-state index contributed by atoms with van der Waals surface area (Å²) in [5, 5.41) is 16.7. The lowest BCUT2D eigenvalue weighted by Crippen LogP contribution is -2.21. The van der Waals surface area contributed by atoms with E-state index in [0.717, 1.165) is 5.56 Å². The highest BCUT2D eigenvalue weighted by atomic mass is 19.1. The van der Waals surface area contributed by atoms with E-state index in [2.05, 4.69) is 15.5 Å². The van der Waals surface area contributed by atoms with Crippen molar-refractivity contribution < 1.29 is 14.0 Å². The first kappa shape index (κ1) is 14.2. The highest BCUT2D eigenvalue weighted by molar-refractivity contribution is 5.30. The lowest BCUT2D eigenvalue weighted by Gasteiger charge is -2.20. The van der Waals surface area contributed by atoms with Gasteiger partial charge in [-0.05, 0) is 38.0 Å². The highest BCUT2D eigenvalue weighted by Crippen LogP contribution is 2.31. The van der Waals surface area contributed by atoms with Crippen LogP contribution in [0.3, 0.4) is 0 Å². The molecule has 1 saturated heterocycles. The fraction of sp³-hybridized carbons (Fsp3) is 0.467. The van der Waals surface area contributed by atoms with Crippen molar-refractivity contribution in [3.63, 3.8) is 0 Å². The van der Waals surface area contributed by atoms with Crippen molar-refractivity contribution in [2.45, 2.75) is 37.8 Å². The minimum absolute atomic E-state index is 0.106. The van der Waals surface area contributed by atoms with Crippen LogP contribution in [-0.2, 0) is 5.41 Å². The van der Waals surface area contributed by atoms with Gasteiger partial charge < -0.3 is 14.9 Å². The number of nitrogens with one attached hydrogen (secondary N) is 1. The third-order valence-corrected chi connectivity index (χ3v) is 3.97. The Morgan fingerprint density at radius 2 is 2.05 bits per heavy atom. The van der Waals surface area contributed by atoms with Gasteiger partial charge in [0.2, 0.25) is 5.89 Å². The number of aliphatic hydroxyl groups is 1. The summed E-state index contributed by atoms with van der Waals surface area (Å²) in [7, 11) is 0. The van der Waals surface area contributed by atoms with Gasteiger partial charge in [0.25, 0.3) is 0 Å². The number of hydrogen-bond acceptors (Lipinski definition) is 5. The van der Waals surface area contributed by atoms with E-state index in [-0.39, 0.29) is 18.0 Å². The van der Waals surface area contributed by atoms with Gasteiger partial charge in [-0.25, -0.2) is 4.39 Å². The number of aliphatic hydroxyl groups excluding tert-OH is 1. The lowest BCUT2D eigenvalue weighted by atomic mass is 9.84. The largest absolute Gasteiger partial charge is 0.392 e. The topological polar surface area (TPSA) is 71.2 Å². The molecule has 2 N–H and O–H groups in total. The molecule has 0 bridgehead atoms. The quantitative estimate of drug-likeness (QED) is 0.904. The Kier molecular flexibility index (Phi) is 3.51. The zero-order chi connectivity index (χ0) is 15.0. The lowest BCUT2D eigenvalue weighted by molar-refractivity contribution is 0.191. The normalized spacial score (nSPS) is 22.7. The molecule has 1 aromatic carbocycles. The third-order valence-electron chi connectivity index (χ3n) is 3.97. The van der Waals surface area contributed by atoms with Gasteiger partial charge >= 0.3 is 0 Å². The Morgan fingerprint density at radius 3 is 2.67 bits per heavy atom. The summed E-state index contributed by atoms with van der Waals surface area (Å²) in [6.45, 7) is 4.46. The van der Waals surface area contributed by atoms with E-state index in [1.807, 2.05) is 13.8 Å². The van der Waals surface area contributed by atoms with Gasteiger partial charge in [0, 0.05) is 6.54 Å². The molecule has 0 amide bonds. The molecule has 0 aliphatic carbocycles. The van der Waals surface area contributed by atoms with Crippen molar-refractivity contribution in [1.29, 1.82) is 0 Å². The van der Waals surface area contributed by atoms with Crippen molar-refractivity contribution in [2.75, 3.05) is 6.54 Å². The summed E-state index contributed by atoms with van der Waals surface area (Å²) in [6.07, 6.45) is 0.189. The second-order valence-corrected chi connectivity index (χ2v) is 5.94. The Bertz CT molecular complexity index is 624. The van der Waals surface area contributed by atoms with Crippen LogP contribution >= 0.6 is 0 Å². The number of β-amino-alcohol motifs (C(OH)–C–C–N with tert-alkyl or cyclic N) is 1. The molecule has 1 unspecified atom stereocenters. The molecule has 2 atom stereocenters. The number of benzene rings is 1. The van der Waals surface area contributed by atoms with Gasteiger partial charge in [-0.3, -0.25) is 0 Å². The molecule has 6 heteroatoms. The number of rotatable bonds is 3. The second-order valence-electron chi connectivity index (χ2n) is 5.94. The number of halogens is 1. The van der Waals surface area contributed by atoms with Crippen LogP contribution in [0.15, 0.2) is 28.8 Å². The van der Waals surface area contributed by atoms with E-state index >= 15 is 0 Å². The summed E-state index contributed by atoms with van der Waals surface area (Å²) >= 11 is 0. The molecule has 21 heavy (non-hydrogen) atoms. The maximum Gasteiger partial charge on any atom is 0.243 e. The number of nitrogens with zero attached hydrogens (tertiary/aromatic N) is 2. The third kappa shape index (κ3) is 2.69. The monoisotopic (exact) mass is 291 g/mol. The van der Waals surface area contributed by atoms with Gasteiger partial charge in [0.1, 0.15) is 5.82 Å². The first-order chi connectivity index (χ1) is 9.96. The zero-order valence-corrected chi connectivity index (χ0v) is 12.0. The van der Waals surface area contributed by atoms with Crippen molar-refractivity contribution in [3.05, 3.63) is 47.4 Å². The number of hydrogen-bond donors (Lipinski definition) is 2. The fourth-order valence-corrected chi connectivity index (χ4v) is 2.53. The average molecular weight is 291 g/mol. The first-order valence-corrected chi connectivity index (χ1v) is 6.98. The summed E-state index contributed by atoms with van der Waals surface area (Å²) < 4.78 is 18.4. The summed E-state index contributed by atoms with van der Waals surface area (Å²) in [6, 6.07) is 6.19. The smallest absolute Gasteiger partial charge is 0.243 e. The molecular weight excluding hydrogens is 273 g/mol. The van der Waals surface area contributed by atoms with Crippen LogP contribution in [0.4, 0.5) is 4.39 Å². The Hall–Kier alpha value is -1.79. The van der Waals surface area contributed by atoms with Crippen molar-refractivity contribution >= 4 is 0 Å². The fourth-order valence-electron chi connectivity index (χ4n) is 2.53. The van der Waals surface area contributed by atoms with Crippen molar-refractivity contribution in [2.24, 2.45) is 0 Å². The molecule has 3 rings (SSSR count). The SMILES string of the molecule is CC(C)(c1ccc(F)cc1)c1noc([C@@H]2CC(O)CN2)n1. The molecule has 1 aliphatic rings. The highest BCUT2D eigenvalue weighted by Gasteiger charge is 2.33. The van der Waals surface area contributed by atoms with Gasteiger partial charge in [-0.15, -0.1) is 0 Å². The Labute approximate surface area is 122 Å². The molecule has 2 heterocycles. The van der Waals surface area contributed by atoms with E-state index < -0.39 is 5.41 Å². The van der Waals surface area contributed by atoms with Crippen molar-refractivity contribution in [1.82, 2.24) is 15.5 Å². The summed E-state index contributed by atoms with van der Waals surface area (Å²) in [4.78, 5) is 4.45. The van der Waals surface area contributed by atoms with E-state index in [4.69, 9.17) is 4.52 Å². The van der Waals surface area contributed by atoms with Crippen LogP contribution in [0.25, 0.3) is 0 Å². The van der Waals surface area contributed by atoms with Crippen LogP contribution in [0.5, 0.6) is 0 Å². The minimum Gasteiger partial charge on any atom is -0.392 e. The zero-order valence-electron chi connectivity index (χ0n) is 12.0. The summed E-state index contributed by atoms with van der Waals surface area (Å²) in [5.41, 5.74) is 0.433. The molecule has 1 aromatic heterocycles. The van der Waals surface area contributed by atoms with Gasteiger partial charge in [-0.1, -0.05) is 17.3 Å². The molecule has 2 aromatic rings. The molecule has 5 nitrogen and oxygen atoms in total. The molecule has 1 fully saturated rings. The average Bonchev–Trinajstić information content (AvgIpc) is 3.08. The molecule has 0 radical (unpaired) electrons. The first-order valence-electron chi connectivity index (χ1n) is 6.98. The Morgan fingerprint density at radius 1 is 1.33 bits per heavy atom. The predicted octanol–water partition coefficient (Wildman–Crippen LogP) is 1.93. The maximum absolute atomic E-state index is 13.0. The predicted molar refractivity (Wildman–Crippen MR) is 74.2 cm³/mol. The van der Waals surface area contributed by atoms with Gasteiger partial charge in [0.15, 0.2) is 5.82 Å². The van der Waals surface area contributed by atoms with E-state index in [1.54, 1.807) is 12.1 Å². The van der Waals surface area contributed by atoms with Crippen molar-refractivity contribution in [3.8, 4) is 0 Å². The Balaban J connectivity index is 1.86. The van der Waals surface area contributed by atoms with E-state index in [9.17, 15) is 9.50 Å². The standard InChI is InChI=1S/C15H18FN3O2/c1-15(2,9-3-5-10(16)6-4-9)14-18-13(21-19-14)12-7-11(20)8-17-12/h3-6,11-12,17,20H,7-8H2,1-2H3/t11?,12-/m0/s1. The van der Waals surface area contributed by atoms with Crippen LogP contribution in [-0.4, -0.2) is 27.9 Å². The summed E-state index contributed by atoms with van der Waals surface area (Å²) in [5.74, 6) is 0.761. The van der Waals surface area contributed by atoms with Crippen LogP contribution < -0.4 is 5.32 Å². The molecular formula is C15H18FN3O2. The van der Waals surface area contributed by atoms with E-state index in [0.29, 0.717) is 24.7 Å².